The van der Waals surface area contributed by atoms with Gasteiger partial charge in [0.2, 0.25) is 21.8 Å². The minimum Gasteiger partial charge on any atom is -0.338 e. The van der Waals surface area contributed by atoms with Crippen LogP contribution in [-0.2, 0) is 19.6 Å². The van der Waals surface area contributed by atoms with Crippen LogP contribution >= 0.6 is 11.8 Å². The fourth-order valence-corrected chi connectivity index (χ4v) is 7.32. The summed E-state index contributed by atoms with van der Waals surface area (Å²) in [6, 6.07) is 4.75. The Kier molecular flexibility index (Phi) is 5.19. The van der Waals surface area contributed by atoms with Crippen LogP contribution in [0.5, 0.6) is 0 Å². The Balaban J connectivity index is 1.43. The van der Waals surface area contributed by atoms with Crippen molar-refractivity contribution in [2.75, 3.05) is 31.9 Å². The number of aryl methyl sites for hydroxylation is 2. The molecule has 7 nitrogen and oxygen atoms in total. The Morgan fingerprint density at radius 1 is 1.14 bits per heavy atom. The third kappa shape index (κ3) is 3.47. The lowest BCUT2D eigenvalue weighted by Crippen LogP contribution is -2.56. The minimum absolute atomic E-state index is 0.0480. The number of hydrogen-bond donors (Lipinski definition) is 0. The first-order valence-corrected chi connectivity index (χ1v) is 12.4. The Labute approximate surface area is 176 Å². The summed E-state index contributed by atoms with van der Waals surface area (Å²) in [6.07, 6.45) is 1.28. The third-order valence-electron chi connectivity index (χ3n) is 6.40. The van der Waals surface area contributed by atoms with Gasteiger partial charge >= 0.3 is 0 Å². The lowest BCUT2D eigenvalue weighted by Gasteiger charge is -2.37. The first-order valence-electron chi connectivity index (χ1n) is 9.96. The highest BCUT2D eigenvalue weighted by Gasteiger charge is 2.53. The Hall–Kier alpha value is -1.58. The van der Waals surface area contributed by atoms with E-state index in [1.807, 2.05) is 26.8 Å². The van der Waals surface area contributed by atoms with Gasteiger partial charge in [-0.3, -0.25) is 9.59 Å². The molecule has 0 aliphatic carbocycles. The largest absolute Gasteiger partial charge is 0.338 e. The molecule has 1 aromatic carbocycles. The topological polar surface area (TPSA) is 78.0 Å². The van der Waals surface area contributed by atoms with Crippen LogP contribution in [0.15, 0.2) is 23.1 Å². The van der Waals surface area contributed by atoms with E-state index in [1.165, 1.54) is 4.31 Å². The van der Waals surface area contributed by atoms with Crippen molar-refractivity contribution in [3.8, 4) is 0 Å². The molecule has 3 heterocycles. The number of carbonyl (C=O) groups excluding carboxylic acids is 2. The second-order valence-corrected chi connectivity index (χ2v) is 11.7. The van der Waals surface area contributed by atoms with Gasteiger partial charge in [0, 0.05) is 38.4 Å². The number of hydrogen-bond acceptors (Lipinski definition) is 5. The van der Waals surface area contributed by atoms with Crippen LogP contribution in [0.2, 0.25) is 0 Å². The van der Waals surface area contributed by atoms with E-state index in [2.05, 4.69) is 0 Å². The average Bonchev–Trinajstić information content (AvgIpc) is 3.19. The molecule has 4 rings (SSSR count). The molecule has 0 radical (unpaired) electrons. The molecule has 0 saturated carbocycles. The molecule has 29 heavy (non-hydrogen) atoms. The molecule has 2 amide bonds. The van der Waals surface area contributed by atoms with Gasteiger partial charge in [0.15, 0.2) is 0 Å². The molecule has 3 aliphatic rings. The van der Waals surface area contributed by atoms with Crippen molar-refractivity contribution in [3.63, 3.8) is 0 Å². The molecule has 0 unspecified atom stereocenters. The Morgan fingerprint density at radius 3 is 2.48 bits per heavy atom. The summed E-state index contributed by atoms with van der Waals surface area (Å²) in [7, 11) is -3.58. The SMILES string of the molecule is Cc1ccc(S(=O)(=O)N2CCN(C(=O)[C@H]3CS[C@@]4(C)CCC(=O)N34)CC2)cc1C. The van der Waals surface area contributed by atoms with E-state index in [4.69, 9.17) is 0 Å². The zero-order valence-corrected chi connectivity index (χ0v) is 18.7. The molecule has 0 N–H and O–H groups in total. The maximum atomic E-state index is 13.1. The smallest absolute Gasteiger partial charge is 0.246 e. The van der Waals surface area contributed by atoms with Gasteiger partial charge in [-0.1, -0.05) is 6.07 Å². The van der Waals surface area contributed by atoms with E-state index in [0.29, 0.717) is 30.2 Å². The van der Waals surface area contributed by atoms with Crippen molar-refractivity contribution >= 4 is 33.6 Å². The van der Waals surface area contributed by atoms with Crippen LogP contribution in [0, 0.1) is 13.8 Å². The first kappa shape index (κ1) is 20.7. The minimum atomic E-state index is -3.58. The standard InChI is InChI=1S/C20H27N3O4S2/c1-14-4-5-16(12-15(14)2)29(26,27)22-10-8-21(9-11-22)19(25)17-13-28-20(3)7-6-18(24)23(17)20/h4-5,12,17H,6-11,13H2,1-3H3/t17-,20+/m1/s1. The van der Waals surface area contributed by atoms with Crippen molar-refractivity contribution in [1.29, 1.82) is 0 Å². The second-order valence-electron chi connectivity index (χ2n) is 8.24. The van der Waals surface area contributed by atoms with E-state index < -0.39 is 16.1 Å². The van der Waals surface area contributed by atoms with Gasteiger partial charge in [-0.25, -0.2) is 8.42 Å². The van der Waals surface area contributed by atoms with Crippen LogP contribution in [0.3, 0.4) is 0 Å². The zero-order chi connectivity index (χ0) is 21.0. The van der Waals surface area contributed by atoms with Crippen LogP contribution in [-0.4, -0.2) is 77.2 Å². The number of nitrogens with zero attached hydrogens (tertiary/aromatic N) is 3. The molecule has 0 aromatic heterocycles. The number of piperazine rings is 1. The molecule has 3 aliphatic heterocycles. The number of fused-ring (bicyclic) bond motifs is 1. The van der Waals surface area contributed by atoms with E-state index in [1.54, 1.807) is 33.7 Å². The summed E-state index contributed by atoms with van der Waals surface area (Å²) in [5, 5.41) is 0. The lowest BCUT2D eigenvalue weighted by atomic mass is 10.1. The summed E-state index contributed by atoms with van der Waals surface area (Å²) in [5.74, 6) is 0.605. The lowest BCUT2D eigenvalue weighted by molar-refractivity contribution is -0.144. The second kappa shape index (κ2) is 7.28. The van der Waals surface area contributed by atoms with Crippen molar-refractivity contribution in [2.45, 2.75) is 49.4 Å². The molecule has 0 spiro atoms. The first-order chi connectivity index (χ1) is 13.6. The van der Waals surface area contributed by atoms with E-state index in [-0.39, 0.29) is 29.8 Å². The quantitative estimate of drug-likeness (QED) is 0.718. The molecule has 0 bridgehead atoms. The normalized spacial score (nSPS) is 28.1. The fourth-order valence-electron chi connectivity index (χ4n) is 4.39. The van der Waals surface area contributed by atoms with Crippen LogP contribution < -0.4 is 0 Å². The number of amides is 2. The monoisotopic (exact) mass is 437 g/mol. The number of carbonyl (C=O) groups is 2. The zero-order valence-electron chi connectivity index (χ0n) is 17.1. The highest BCUT2D eigenvalue weighted by atomic mass is 32.2. The van der Waals surface area contributed by atoms with E-state index in [0.717, 1.165) is 17.5 Å². The average molecular weight is 438 g/mol. The van der Waals surface area contributed by atoms with Crippen molar-refractivity contribution in [2.24, 2.45) is 0 Å². The van der Waals surface area contributed by atoms with E-state index in [9.17, 15) is 18.0 Å². The molecular formula is C20H27N3O4S2. The maximum Gasteiger partial charge on any atom is 0.246 e. The summed E-state index contributed by atoms with van der Waals surface area (Å²) < 4.78 is 27.4. The highest BCUT2D eigenvalue weighted by molar-refractivity contribution is 8.01. The number of benzene rings is 1. The van der Waals surface area contributed by atoms with Gasteiger partial charge in [0.05, 0.1) is 9.77 Å². The summed E-state index contributed by atoms with van der Waals surface area (Å²) >= 11 is 1.68. The van der Waals surface area contributed by atoms with Crippen molar-refractivity contribution in [1.82, 2.24) is 14.1 Å². The number of sulfonamides is 1. The fraction of sp³-hybridized carbons (Fsp3) is 0.600. The Morgan fingerprint density at radius 2 is 1.83 bits per heavy atom. The van der Waals surface area contributed by atoms with Gasteiger partial charge in [-0.05, 0) is 50.5 Å². The summed E-state index contributed by atoms with van der Waals surface area (Å²) in [5.41, 5.74) is 1.99. The number of thioether (sulfide) groups is 1. The summed E-state index contributed by atoms with van der Waals surface area (Å²) in [4.78, 5) is 28.9. The molecule has 3 fully saturated rings. The van der Waals surface area contributed by atoms with E-state index >= 15 is 0 Å². The molecule has 9 heteroatoms. The Bertz CT molecular complexity index is 956. The summed E-state index contributed by atoms with van der Waals surface area (Å²) in [6.45, 7) is 7.12. The highest BCUT2D eigenvalue weighted by Crippen LogP contribution is 2.47. The molecule has 2 atom stereocenters. The molecular weight excluding hydrogens is 410 g/mol. The predicted octanol–water partition coefficient (Wildman–Crippen LogP) is 1.59. The van der Waals surface area contributed by atoms with Crippen molar-refractivity contribution < 1.29 is 18.0 Å². The van der Waals surface area contributed by atoms with Gasteiger partial charge in [0.1, 0.15) is 6.04 Å². The predicted molar refractivity (Wildman–Crippen MR) is 112 cm³/mol. The van der Waals surface area contributed by atoms with Crippen LogP contribution in [0.25, 0.3) is 0 Å². The maximum absolute atomic E-state index is 13.1. The number of rotatable bonds is 3. The molecule has 3 saturated heterocycles. The van der Waals surface area contributed by atoms with Gasteiger partial charge in [-0.15, -0.1) is 11.8 Å². The molecule has 1 aromatic rings. The van der Waals surface area contributed by atoms with Crippen LogP contribution in [0.1, 0.15) is 30.9 Å². The van der Waals surface area contributed by atoms with Gasteiger partial charge in [0.25, 0.3) is 0 Å². The van der Waals surface area contributed by atoms with Gasteiger partial charge < -0.3 is 9.80 Å². The molecule has 158 valence electrons. The van der Waals surface area contributed by atoms with Crippen LogP contribution in [0.4, 0.5) is 0 Å². The van der Waals surface area contributed by atoms with Gasteiger partial charge in [-0.2, -0.15) is 4.31 Å². The third-order valence-corrected chi connectivity index (χ3v) is 9.80. The van der Waals surface area contributed by atoms with Crippen molar-refractivity contribution in [3.05, 3.63) is 29.3 Å².